The number of nitrogens with one attached hydrogen (secondary N) is 2. The molecule has 39 heavy (non-hydrogen) atoms. The molecule has 206 valence electrons. The van der Waals surface area contributed by atoms with Gasteiger partial charge < -0.3 is 20.3 Å². The van der Waals surface area contributed by atoms with Crippen LogP contribution in [0.2, 0.25) is 0 Å². The number of methoxy groups -OCH3 is 1. The third-order valence-corrected chi connectivity index (χ3v) is 8.79. The summed E-state index contributed by atoms with van der Waals surface area (Å²) in [5.74, 6) is 1.18. The molecule has 5 rings (SSSR count). The molecule has 1 fully saturated rings. The Kier molecular flexibility index (Phi) is 8.35. The number of hydrogen-bond acceptors (Lipinski definition) is 6. The van der Waals surface area contributed by atoms with Crippen LogP contribution in [0.25, 0.3) is 0 Å². The first-order chi connectivity index (χ1) is 18.8. The van der Waals surface area contributed by atoms with E-state index in [4.69, 9.17) is 9.72 Å². The third kappa shape index (κ3) is 6.03. The number of hydrogen-bond donors (Lipinski definition) is 2. The van der Waals surface area contributed by atoms with Crippen LogP contribution in [0.1, 0.15) is 60.6 Å². The first-order valence-electron chi connectivity index (χ1n) is 13.8. The molecule has 7 nitrogen and oxygen atoms in total. The highest BCUT2D eigenvalue weighted by molar-refractivity contribution is 9.10. The lowest BCUT2D eigenvalue weighted by Crippen LogP contribution is -2.36. The molecule has 0 unspecified atom stereocenters. The highest BCUT2D eigenvalue weighted by atomic mass is 79.9. The average Bonchev–Trinajstić information content (AvgIpc) is 3.17. The molecule has 1 saturated heterocycles. The molecular formula is C31H38BrN5O2. The average molecular weight is 593 g/mol. The summed E-state index contributed by atoms with van der Waals surface area (Å²) in [7, 11) is 1.77. The van der Waals surface area contributed by atoms with Crippen LogP contribution in [-0.2, 0) is 27.8 Å². The molecular weight excluding hydrogens is 554 g/mol. The fourth-order valence-electron chi connectivity index (χ4n) is 5.89. The summed E-state index contributed by atoms with van der Waals surface area (Å²) in [6.07, 6.45) is 5.78. The van der Waals surface area contributed by atoms with E-state index in [0.717, 1.165) is 66.2 Å². The molecule has 8 heteroatoms. The van der Waals surface area contributed by atoms with Crippen molar-refractivity contribution in [2.24, 2.45) is 0 Å². The number of likely N-dealkylation sites (tertiary alicyclic amines) is 1. The molecule has 1 atom stereocenters. The predicted molar refractivity (Wildman–Crippen MR) is 160 cm³/mol. The van der Waals surface area contributed by atoms with E-state index in [2.05, 4.69) is 67.6 Å². The lowest BCUT2D eigenvalue weighted by atomic mass is 9.82. The van der Waals surface area contributed by atoms with Gasteiger partial charge in [0.25, 0.3) is 0 Å². The molecule has 3 aromatic rings. The number of carbonyl (C=O) groups excluding carboxylic acids is 1. The van der Waals surface area contributed by atoms with Gasteiger partial charge in [-0.15, -0.1) is 0 Å². The number of anilines is 3. The maximum Gasteiger partial charge on any atom is 0.234 e. The van der Waals surface area contributed by atoms with Crippen LogP contribution in [0.4, 0.5) is 17.3 Å². The maximum absolute atomic E-state index is 12.5. The van der Waals surface area contributed by atoms with Crippen molar-refractivity contribution in [3.8, 4) is 0 Å². The molecule has 2 N–H and O–H groups in total. The lowest BCUT2D eigenvalue weighted by molar-refractivity contribution is -0.119. The number of aryl methyl sites for hydroxylation is 3. The lowest BCUT2D eigenvalue weighted by Gasteiger charge is -2.33. The van der Waals surface area contributed by atoms with Gasteiger partial charge in [0, 0.05) is 37.8 Å². The van der Waals surface area contributed by atoms with Gasteiger partial charge in [0.2, 0.25) is 11.9 Å². The molecule has 3 heterocycles. The summed E-state index contributed by atoms with van der Waals surface area (Å²) >= 11 is 3.64. The molecule has 0 radical (unpaired) electrons. The summed E-state index contributed by atoms with van der Waals surface area (Å²) in [5.41, 5.74) is 7.18. The molecule has 1 amide bonds. The number of ether oxygens (including phenoxy) is 1. The van der Waals surface area contributed by atoms with E-state index in [0.29, 0.717) is 11.9 Å². The van der Waals surface area contributed by atoms with Crippen LogP contribution < -0.4 is 10.6 Å². The van der Waals surface area contributed by atoms with Crippen LogP contribution in [0.3, 0.4) is 0 Å². The number of rotatable bonds is 9. The Morgan fingerprint density at radius 1 is 1.23 bits per heavy atom. The number of piperidine rings is 1. The van der Waals surface area contributed by atoms with E-state index in [9.17, 15) is 4.79 Å². The Balaban J connectivity index is 1.27. The van der Waals surface area contributed by atoms with Crippen LogP contribution in [0.5, 0.6) is 0 Å². The largest absolute Gasteiger partial charge is 0.383 e. The molecule has 1 aromatic heterocycles. The van der Waals surface area contributed by atoms with Crippen LogP contribution in [-0.4, -0.2) is 54.1 Å². The molecule has 0 spiro atoms. The van der Waals surface area contributed by atoms with Gasteiger partial charge in [0.05, 0.1) is 22.2 Å². The summed E-state index contributed by atoms with van der Waals surface area (Å²) in [5, 5.41) is 6.46. The number of amides is 1. The number of halogens is 1. The van der Waals surface area contributed by atoms with Crippen molar-refractivity contribution in [2.75, 3.05) is 44.0 Å². The predicted octanol–water partition coefficient (Wildman–Crippen LogP) is 6.13. The zero-order valence-corrected chi connectivity index (χ0v) is 24.9. The van der Waals surface area contributed by atoms with Crippen LogP contribution in [0.15, 0.2) is 47.1 Å². The SMILES string of the molecule is COCCN1CCC[C@H](c2ccc(Nc3ncc(Br)c(CCc4cccc5c4C(C)(C)C(=O)N5)n3)c(C)c2)C1. The Morgan fingerprint density at radius 2 is 2.08 bits per heavy atom. The van der Waals surface area contributed by atoms with Crippen molar-refractivity contribution in [1.29, 1.82) is 0 Å². The zero-order chi connectivity index (χ0) is 27.6. The zero-order valence-electron chi connectivity index (χ0n) is 23.3. The van der Waals surface area contributed by atoms with Crippen molar-refractivity contribution in [2.45, 2.75) is 57.8 Å². The molecule has 2 aliphatic rings. The van der Waals surface area contributed by atoms with Crippen LogP contribution in [0, 0.1) is 6.92 Å². The smallest absolute Gasteiger partial charge is 0.234 e. The third-order valence-electron chi connectivity index (χ3n) is 8.12. The summed E-state index contributed by atoms with van der Waals surface area (Å²) < 4.78 is 6.17. The van der Waals surface area contributed by atoms with E-state index in [1.54, 1.807) is 7.11 Å². The second kappa shape index (κ2) is 11.7. The molecule has 0 bridgehead atoms. The normalized spacial score (nSPS) is 18.6. The highest BCUT2D eigenvalue weighted by Gasteiger charge is 2.39. The van der Waals surface area contributed by atoms with E-state index < -0.39 is 5.41 Å². The number of fused-ring (bicyclic) bond motifs is 1. The summed E-state index contributed by atoms with van der Waals surface area (Å²) in [4.78, 5) is 24.4. The molecule has 0 saturated carbocycles. The van der Waals surface area contributed by atoms with Gasteiger partial charge in [-0.05, 0) is 109 Å². The van der Waals surface area contributed by atoms with Gasteiger partial charge in [-0.25, -0.2) is 9.97 Å². The van der Waals surface area contributed by atoms with Crippen molar-refractivity contribution in [3.05, 3.63) is 75.0 Å². The number of aromatic nitrogens is 2. The molecule has 0 aliphatic carbocycles. The fraction of sp³-hybridized carbons (Fsp3) is 0.452. The molecule has 2 aromatic carbocycles. The standard InChI is InChI=1S/C31H38BrN5O2/c1-20-17-22(23-8-6-14-37(19-23)15-16-39-4)11-12-25(20)35-30-33-18-24(32)26(36-30)13-10-21-7-5-9-27-28(21)31(2,3)29(38)34-27/h5,7,9,11-12,17-18,23H,6,8,10,13-16,19H2,1-4H3,(H,34,38)(H,33,35,36)/t23-/m0/s1. The van der Waals surface area contributed by atoms with E-state index >= 15 is 0 Å². The van der Waals surface area contributed by atoms with E-state index in [1.807, 2.05) is 32.2 Å². The summed E-state index contributed by atoms with van der Waals surface area (Å²) in [6, 6.07) is 12.8. The van der Waals surface area contributed by atoms with Crippen molar-refractivity contribution >= 4 is 39.2 Å². The quantitative estimate of drug-likeness (QED) is 0.311. The van der Waals surface area contributed by atoms with E-state index in [1.165, 1.54) is 29.5 Å². The van der Waals surface area contributed by atoms with Gasteiger partial charge in [0.1, 0.15) is 0 Å². The number of benzene rings is 2. The van der Waals surface area contributed by atoms with Crippen molar-refractivity contribution in [3.63, 3.8) is 0 Å². The minimum atomic E-state index is -0.537. The van der Waals surface area contributed by atoms with E-state index in [-0.39, 0.29) is 5.91 Å². The Bertz CT molecular complexity index is 1360. The van der Waals surface area contributed by atoms with Crippen molar-refractivity contribution in [1.82, 2.24) is 14.9 Å². The van der Waals surface area contributed by atoms with Gasteiger partial charge >= 0.3 is 0 Å². The Labute approximate surface area is 239 Å². The topological polar surface area (TPSA) is 79.4 Å². The number of carbonyl (C=O) groups is 1. The van der Waals surface area contributed by atoms with Gasteiger partial charge in [0.15, 0.2) is 0 Å². The first-order valence-corrected chi connectivity index (χ1v) is 14.6. The maximum atomic E-state index is 12.5. The Hall–Kier alpha value is -2.81. The monoisotopic (exact) mass is 591 g/mol. The first kappa shape index (κ1) is 27.7. The minimum Gasteiger partial charge on any atom is -0.383 e. The van der Waals surface area contributed by atoms with Crippen LogP contribution >= 0.6 is 15.9 Å². The van der Waals surface area contributed by atoms with Gasteiger partial charge in [-0.1, -0.05) is 24.3 Å². The minimum absolute atomic E-state index is 0.0490. The second-order valence-corrected chi connectivity index (χ2v) is 12.1. The highest BCUT2D eigenvalue weighted by Crippen LogP contribution is 2.40. The fourth-order valence-corrected chi connectivity index (χ4v) is 6.28. The number of nitrogens with zero attached hydrogens (tertiary/aromatic N) is 3. The van der Waals surface area contributed by atoms with Gasteiger partial charge in [-0.3, -0.25) is 4.79 Å². The second-order valence-electron chi connectivity index (χ2n) is 11.2. The Morgan fingerprint density at radius 3 is 2.87 bits per heavy atom. The van der Waals surface area contributed by atoms with Crippen molar-refractivity contribution < 1.29 is 9.53 Å². The molecule has 2 aliphatic heterocycles. The summed E-state index contributed by atoms with van der Waals surface area (Å²) in [6.45, 7) is 10.1. The van der Waals surface area contributed by atoms with Gasteiger partial charge in [-0.2, -0.15) is 0 Å².